The number of anilines is 1. The van der Waals surface area contributed by atoms with Crippen LogP contribution >= 0.6 is 11.3 Å². The number of furan rings is 1. The number of amides is 2. The number of halogens is 3. The molecule has 0 aliphatic rings. The van der Waals surface area contributed by atoms with Crippen LogP contribution in [0.3, 0.4) is 0 Å². The quantitative estimate of drug-likeness (QED) is 0.511. The van der Waals surface area contributed by atoms with Gasteiger partial charge in [0.25, 0.3) is 0 Å². The van der Waals surface area contributed by atoms with Gasteiger partial charge in [-0.3, -0.25) is 9.59 Å². The van der Waals surface area contributed by atoms with Gasteiger partial charge in [0.2, 0.25) is 0 Å². The van der Waals surface area contributed by atoms with Crippen LogP contribution in [0.1, 0.15) is 11.3 Å². The maximum absolute atomic E-state index is 12.2. The van der Waals surface area contributed by atoms with E-state index in [1.54, 1.807) is 22.9 Å². The molecule has 7 nitrogen and oxygen atoms in total. The van der Waals surface area contributed by atoms with E-state index in [9.17, 15) is 27.9 Å². The second kappa shape index (κ2) is 8.59. The number of carbonyl (C=O) groups is 2. The van der Waals surface area contributed by atoms with Crippen molar-refractivity contribution in [1.82, 2.24) is 5.32 Å². The molecule has 2 aromatic heterocycles. The molecule has 0 aliphatic carbocycles. The molecule has 158 valence electrons. The molecule has 0 radical (unpaired) electrons. The van der Waals surface area contributed by atoms with Crippen LogP contribution in [-0.4, -0.2) is 29.8 Å². The maximum Gasteiger partial charge on any atom is 0.573 e. The number of ether oxygens (including phenoxy) is 1. The Morgan fingerprint density at radius 1 is 1.10 bits per heavy atom. The van der Waals surface area contributed by atoms with Crippen molar-refractivity contribution in [3.8, 4) is 5.75 Å². The molecule has 3 rings (SSSR count). The summed E-state index contributed by atoms with van der Waals surface area (Å²) >= 11 is 1.34. The summed E-state index contributed by atoms with van der Waals surface area (Å²) in [6, 6.07) is 9.06. The van der Waals surface area contributed by atoms with E-state index >= 15 is 0 Å². The molecule has 0 spiro atoms. The van der Waals surface area contributed by atoms with Gasteiger partial charge in [-0.1, -0.05) is 0 Å². The van der Waals surface area contributed by atoms with Crippen molar-refractivity contribution in [2.24, 2.45) is 0 Å². The highest BCUT2D eigenvalue weighted by Gasteiger charge is 2.36. The average molecular weight is 440 g/mol. The monoisotopic (exact) mass is 440 g/mol. The number of carbonyl (C=O) groups excluding carboxylic acids is 2. The summed E-state index contributed by atoms with van der Waals surface area (Å²) in [5, 5.41) is 19.0. The highest BCUT2D eigenvalue weighted by Crippen LogP contribution is 2.31. The second-order valence-electron chi connectivity index (χ2n) is 6.06. The molecule has 3 aromatic rings. The molecule has 11 heteroatoms. The number of nitrogens with one attached hydrogen (secondary N) is 2. The van der Waals surface area contributed by atoms with Crippen molar-refractivity contribution < 1.29 is 37.0 Å². The van der Waals surface area contributed by atoms with E-state index in [-0.39, 0.29) is 18.0 Å². The van der Waals surface area contributed by atoms with Gasteiger partial charge in [-0.15, -0.1) is 13.2 Å². The van der Waals surface area contributed by atoms with E-state index in [0.29, 0.717) is 5.56 Å². The molecular weight excluding hydrogens is 425 g/mol. The standard InChI is InChI=1S/C19H15F3N2O5S/c20-19(21,22)29-14-5-3-13(4-6-14)24-17(26)16(25)23-11-18(27,12-7-9-30-10-12)15-2-1-8-28-15/h1-10,27H,11H2,(H,23,25)(H,24,26)/t18-/m0/s1. The van der Waals surface area contributed by atoms with Crippen LogP contribution < -0.4 is 15.4 Å². The summed E-state index contributed by atoms with van der Waals surface area (Å²) in [5.41, 5.74) is -1.12. The van der Waals surface area contributed by atoms with Gasteiger partial charge in [0, 0.05) is 11.3 Å². The molecule has 0 saturated carbocycles. The zero-order chi connectivity index (χ0) is 21.8. The molecule has 2 amide bonds. The van der Waals surface area contributed by atoms with Gasteiger partial charge in [-0.2, -0.15) is 11.3 Å². The van der Waals surface area contributed by atoms with Crippen LogP contribution in [0.5, 0.6) is 5.75 Å². The zero-order valence-electron chi connectivity index (χ0n) is 15.1. The highest BCUT2D eigenvalue weighted by atomic mass is 32.1. The molecular formula is C19H15F3N2O5S. The third-order valence-electron chi connectivity index (χ3n) is 3.98. The van der Waals surface area contributed by atoms with E-state index in [1.807, 2.05) is 0 Å². The molecule has 0 saturated heterocycles. The number of hydrogen-bond acceptors (Lipinski definition) is 6. The third kappa shape index (κ3) is 5.19. The number of alkyl halides is 3. The first kappa shape index (κ1) is 21.4. The fourth-order valence-electron chi connectivity index (χ4n) is 2.56. The van der Waals surface area contributed by atoms with Crippen molar-refractivity contribution in [1.29, 1.82) is 0 Å². The third-order valence-corrected chi connectivity index (χ3v) is 4.67. The molecule has 0 bridgehead atoms. The minimum Gasteiger partial charge on any atom is -0.466 e. The largest absolute Gasteiger partial charge is 0.573 e. The number of thiophene rings is 1. The average Bonchev–Trinajstić information content (AvgIpc) is 3.40. The Balaban J connectivity index is 1.62. The van der Waals surface area contributed by atoms with Gasteiger partial charge >= 0.3 is 18.2 Å². The van der Waals surface area contributed by atoms with Crippen LogP contribution in [0.2, 0.25) is 0 Å². The summed E-state index contributed by atoms with van der Waals surface area (Å²) in [5.74, 6) is -2.40. The van der Waals surface area contributed by atoms with Gasteiger partial charge < -0.3 is 24.9 Å². The van der Waals surface area contributed by atoms with E-state index in [4.69, 9.17) is 4.42 Å². The van der Waals surface area contributed by atoms with Gasteiger partial charge in [0.1, 0.15) is 11.5 Å². The van der Waals surface area contributed by atoms with Crippen LogP contribution in [0.4, 0.5) is 18.9 Å². The number of rotatable bonds is 6. The molecule has 30 heavy (non-hydrogen) atoms. The summed E-state index contributed by atoms with van der Waals surface area (Å²) in [6.45, 7) is -0.345. The zero-order valence-corrected chi connectivity index (χ0v) is 15.9. The Bertz CT molecular complexity index is 952. The fourth-order valence-corrected chi connectivity index (χ4v) is 3.29. The SMILES string of the molecule is O=C(NC[C@](O)(c1ccsc1)c1ccco1)C(=O)Nc1ccc(OC(F)(F)F)cc1. The number of hydrogen-bond donors (Lipinski definition) is 3. The van der Waals surface area contributed by atoms with Crippen molar-refractivity contribution >= 4 is 28.8 Å². The second-order valence-corrected chi connectivity index (χ2v) is 6.84. The predicted molar refractivity (Wildman–Crippen MR) is 101 cm³/mol. The smallest absolute Gasteiger partial charge is 0.466 e. The number of aliphatic hydroxyl groups is 1. The summed E-state index contributed by atoms with van der Waals surface area (Å²) in [6.07, 6.45) is -3.47. The molecule has 1 atom stereocenters. The molecule has 2 heterocycles. The van der Waals surface area contributed by atoms with E-state index in [1.165, 1.54) is 23.7 Å². The summed E-state index contributed by atoms with van der Waals surface area (Å²) in [4.78, 5) is 24.2. The van der Waals surface area contributed by atoms with Gasteiger partial charge in [-0.05, 0) is 53.2 Å². The number of benzene rings is 1. The van der Waals surface area contributed by atoms with Crippen molar-refractivity contribution in [3.63, 3.8) is 0 Å². The molecule has 3 N–H and O–H groups in total. The van der Waals surface area contributed by atoms with Crippen LogP contribution in [0.25, 0.3) is 0 Å². The Hall–Kier alpha value is -3.31. The lowest BCUT2D eigenvalue weighted by atomic mass is 9.93. The lowest BCUT2D eigenvalue weighted by Crippen LogP contribution is -2.45. The first-order chi connectivity index (χ1) is 14.2. The van der Waals surface area contributed by atoms with Gasteiger partial charge in [-0.25, -0.2) is 0 Å². The van der Waals surface area contributed by atoms with Gasteiger partial charge in [0.05, 0.1) is 12.8 Å². The van der Waals surface area contributed by atoms with E-state index < -0.39 is 29.5 Å². The van der Waals surface area contributed by atoms with Crippen molar-refractivity contribution in [2.45, 2.75) is 12.0 Å². The molecule has 0 unspecified atom stereocenters. The summed E-state index contributed by atoms with van der Waals surface area (Å²) < 4.78 is 45.5. The van der Waals surface area contributed by atoms with Crippen molar-refractivity contribution in [3.05, 3.63) is 70.8 Å². The molecule has 0 fully saturated rings. The lowest BCUT2D eigenvalue weighted by Gasteiger charge is -2.25. The molecule has 1 aromatic carbocycles. The van der Waals surface area contributed by atoms with E-state index in [2.05, 4.69) is 15.4 Å². The molecule has 0 aliphatic heterocycles. The minimum atomic E-state index is -4.84. The highest BCUT2D eigenvalue weighted by molar-refractivity contribution is 7.08. The first-order valence-corrected chi connectivity index (χ1v) is 9.36. The van der Waals surface area contributed by atoms with Crippen LogP contribution in [-0.2, 0) is 15.2 Å². The van der Waals surface area contributed by atoms with Crippen LogP contribution in [0, 0.1) is 0 Å². The van der Waals surface area contributed by atoms with Crippen LogP contribution in [0.15, 0.2) is 63.9 Å². The fraction of sp³-hybridized carbons (Fsp3) is 0.158. The topological polar surface area (TPSA) is 101 Å². The summed E-state index contributed by atoms with van der Waals surface area (Å²) in [7, 11) is 0. The Morgan fingerprint density at radius 3 is 2.40 bits per heavy atom. The van der Waals surface area contributed by atoms with E-state index in [0.717, 1.165) is 24.3 Å². The maximum atomic E-state index is 12.2. The minimum absolute atomic E-state index is 0.0869. The van der Waals surface area contributed by atoms with Crippen molar-refractivity contribution in [2.75, 3.05) is 11.9 Å². The Labute approximate surface area is 172 Å². The lowest BCUT2D eigenvalue weighted by molar-refractivity contribution is -0.274. The normalized spacial score (nSPS) is 13.3. The Kier molecular flexibility index (Phi) is 6.13. The first-order valence-electron chi connectivity index (χ1n) is 8.41. The predicted octanol–water partition coefficient (Wildman–Crippen LogP) is 3.23. The van der Waals surface area contributed by atoms with Gasteiger partial charge in [0.15, 0.2) is 5.60 Å². The Morgan fingerprint density at radius 2 is 1.83 bits per heavy atom.